The predicted molar refractivity (Wildman–Crippen MR) is 116 cm³/mol. The summed E-state index contributed by atoms with van der Waals surface area (Å²) in [6, 6.07) is 0. The summed E-state index contributed by atoms with van der Waals surface area (Å²) < 4.78 is 0. The van der Waals surface area contributed by atoms with Crippen LogP contribution in [0.2, 0.25) is 0 Å². The molecule has 0 aliphatic heterocycles. The first-order valence-electron chi connectivity index (χ1n) is 12.2. The van der Waals surface area contributed by atoms with E-state index in [1.807, 2.05) is 11.1 Å². The molecule has 5 unspecified atom stereocenters. The molecular formula is C27H42. The van der Waals surface area contributed by atoms with Crippen LogP contribution in [0, 0.1) is 39.9 Å². The van der Waals surface area contributed by atoms with Crippen molar-refractivity contribution < 1.29 is 0 Å². The predicted octanol–water partition coefficient (Wildman–Crippen LogP) is 8.09. The lowest BCUT2D eigenvalue weighted by Crippen LogP contribution is -2.49. The molecule has 0 nitrogen and oxygen atoms in total. The molecule has 0 N–H and O–H groups in total. The van der Waals surface area contributed by atoms with Gasteiger partial charge in [0.05, 0.1) is 0 Å². The minimum absolute atomic E-state index is 0.531. The van der Waals surface area contributed by atoms with Crippen LogP contribution in [0.1, 0.15) is 105 Å². The van der Waals surface area contributed by atoms with Gasteiger partial charge in [-0.3, -0.25) is 0 Å². The highest BCUT2D eigenvalue weighted by atomic mass is 14.6. The standard InChI is InChI=1S/C27H42/c1-25(2)16-12-19(13-17-25)22-10-11-23-21-9-8-20-7-5-6-15-26(20,3)24(21)14-18-27(22,23)4/h8,10,19,21,23-24H,5-7,9,11-18H2,1-4H3. The summed E-state index contributed by atoms with van der Waals surface area (Å²) in [6.07, 6.45) is 22.8. The zero-order valence-corrected chi connectivity index (χ0v) is 18.4. The van der Waals surface area contributed by atoms with E-state index in [0.717, 1.165) is 23.7 Å². The molecule has 0 heterocycles. The topological polar surface area (TPSA) is 0 Å². The van der Waals surface area contributed by atoms with Crippen LogP contribution in [0.4, 0.5) is 0 Å². The first-order valence-corrected chi connectivity index (χ1v) is 12.2. The molecule has 3 fully saturated rings. The van der Waals surface area contributed by atoms with Gasteiger partial charge in [0.25, 0.3) is 0 Å². The average Bonchev–Trinajstić information content (AvgIpc) is 2.98. The molecule has 27 heavy (non-hydrogen) atoms. The Labute approximate surface area is 168 Å². The van der Waals surface area contributed by atoms with Crippen LogP contribution in [0.3, 0.4) is 0 Å². The summed E-state index contributed by atoms with van der Waals surface area (Å²) in [7, 11) is 0. The largest absolute Gasteiger partial charge is 0.0845 e. The Hall–Kier alpha value is -0.520. The third-order valence-electron chi connectivity index (χ3n) is 10.4. The number of allylic oxidation sites excluding steroid dienone is 4. The highest BCUT2D eigenvalue weighted by Gasteiger charge is 2.56. The third kappa shape index (κ3) is 2.75. The molecule has 5 aliphatic rings. The van der Waals surface area contributed by atoms with Crippen molar-refractivity contribution in [2.24, 2.45) is 39.9 Å². The molecule has 0 heteroatoms. The summed E-state index contributed by atoms with van der Waals surface area (Å²) in [4.78, 5) is 0. The lowest BCUT2D eigenvalue weighted by molar-refractivity contribution is -0.0211. The van der Waals surface area contributed by atoms with Gasteiger partial charge in [0.15, 0.2) is 0 Å². The Morgan fingerprint density at radius 2 is 1.52 bits per heavy atom. The average molecular weight is 367 g/mol. The molecule has 5 rings (SSSR count). The fourth-order valence-electron chi connectivity index (χ4n) is 8.64. The number of hydrogen-bond acceptors (Lipinski definition) is 0. The summed E-state index contributed by atoms with van der Waals surface area (Å²) in [6.45, 7) is 10.3. The summed E-state index contributed by atoms with van der Waals surface area (Å²) in [5, 5.41) is 0. The highest BCUT2D eigenvalue weighted by Crippen LogP contribution is 2.66. The molecule has 5 aliphatic carbocycles. The minimum Gasteiger partial charge on any atom is -0.0845 e. The van der Waals surface area contributed by atoms with Crippen molar-refractivity contribution in [1.82, 2.24) is 0 Å². The minimum atomic E-state index is 0.531. The molecule has 0 radical (unpaired) electrons. The van der Waals surface area contributed by atoms with E-state index in [2.05, 4.69) is 39.8 Å². The molecule has 0 amide bonds. The first kappa shape index (κ1) is 18.5. The lowest BCUT2D eigenvalue weighted by Gasteiger charge is -2.58. The first-order chi connectivity index (χ1) is 12.8. The van der Waals surface area contributed by atoms with Crippen LogP contribution in [0.5, 0.6) is 0 Å². The van der Waals surface area contributed by atoms with Crippen molar-refractivity contribution in [2.75, 3.05) is 0 Å². The zero-order chi connectivity index (χ0) is 18.9. The fraction of sp³-hybridized carbons (Fsp3) is 0.852. The van der Waals surface area contributed by atoms with Gasteiger partial charge < -0.3 is 0 Å². The van der Waals surface area contributed by atoms with E-state index in [1.54, 1.807) is 0 Å². The molecule has 0 aromatic carbocycles. The van der Waals surface area contributed by atoms with Crippen LogP contribution in [0.15, 0.2) is 23.3 Å². The van der Waals surface area contributed by atoms with E-state index in [4.69, 9.17) is 0 Å². The molecular weight excluding hydrogens is 324 g/mol. The maximum atomic E-state index is 2.76. The lowest BCUT2D eigenvalue weighted by atomic mass is 9.47. The SMILES string of the molecule is CC1(C)CCC(C2=CCC3C4CC=C5CCCCC5(C)C4CCC23C)CC1. The van der Waals surface area contributed by atoms with Gasteiger partial charge in [-0.1, -0.05) is 57.4 Å². The number of rotatable bonds is 1. The van der Waals surface area contributed by atoms with Crippen molar-refractivity contribution in [3.05, 3.63) is 23.3 Å². The quantitative estimate of drug-likeness (QED) is 0.411. The second-order valence-corrected chi connectivity index (χ2v) is 12.3. The highest BCUT2D eigenvalue weighted by molar-refractivity contribution is 5.31. The second-order valence-electron chi connectivity index (χ2n) is 12.3. The van der Waals surface area contributed by atoms with Crippen molar-refractivity contribution in [1.29, 1.82) is 0 Å². The Balaban J connectivity index is 1.39. The van der Waals surface area contributed by atoms with Crippen LogP contribution >= 0.6 is 0 Å². The zero-order valence-electron chi connectivity index (χ0n) is 18.4. The molecule has 150 valence electrons. The van der Waals surface area contributed by atoms with Gasteiger partial charge in [0.2, 0.25) is 0 Å². The Bertz CT molecular complexity index is 654. The summed E-state index contributed by atoms with van der Waals surface area (Å²) in [5.74, 6) is 3.79. The molecule has 0 bridgehead atoms. The van der Waals surface area contributed by atoms with Crippen molar-refractivity contribution in [3.63, 3.8) is 0 Å². The van der Waals surface area contributed by atoms with Crippen LogP contribution in [0.25, 0.3) is 0 Å². The molecule has 0 saturated heterocycles. The number of hydrogen-bond donors (Lipinski definition) is 0. The number of fused-ring (bicyclic) bond motifs is 5. The van der Waals surface area contributed by atoms with Gasteiger partial charge in [-0.2, -0.15) is 0 Å². The molecule has 3 saturated carbocycles. The van der Waals surface area contributed by atoms with E-state index in [9.17, 15) is 0 Å². The van der Waals surface area contributed by atoms with E-state index < -0.39 is 0 Å². The van der Waals surface area contributed by atoms with Crippen LogP contribution in [-0.2, 0) is 0 Å². The second kappa shape index (κ2) is 6.24. The fourth-order valence-corrected chi connectivity index (χ4v) is 8.64. The molecule has 0 aromatic heterocycles. The summed E-state index contributed by atoms with van der Waals surface area (Å²) >= 11 is 0. The Kier molecular flexibility index (Phi) is 4.27. The van der Waals surface area contributed by atoms with E-state index in [-0.39, 0.29) is 0 Å². The van der Waals surface area contributed by atoms with Gasteiger partial charge in [-0.05, 0) is 111 Å². The van der Waals surface area contributed by atoms with Gasteiger partial charge in [-0.15, -0.1) is 0 Å². The normalized spacial score (nSPS) is 46.7. The van der Waals surface area contributed by atoms with Gasteiger partial charge in [0, 0.05) is 0 Å². The van der Waals surface area contributed by atoms with Crippen LogP contribution < -0.4 is 0 Å². The molecule has 5 atom stereocenters. The van der Waals surface area contributed by atoms with E-state index in [0.29, 0.717) is 16.2 Å². The Morgan fingerprint density at radius 1 is 0.741 bits per heavy atom. The third-order valence-corrected chi connectivity index (χ3v) is 10.4. The van der Waals surface area contributed by atoms with Crippen molar-refractivity contribution in [3.8, 4) is 0 Å². The monoisotopic (exact) mass is 366 g/mol. The summed E-state index contributed by atoms with van der Waals surface area (Å²) in [5.41, 5.74) is 5.46. The smallest absolute Gasteiger partial charge is 0.00795 e. The van der Waals surface area contributed by atoms with E-state index in [1.165, 1.54) is 77.0 Å². The molecule has 0 spiro atoms. The van der Waals surface area contributed by atoms with Gasteiger partial charge in [0.1, 0.15) is 0 Å². The van der Waals surface area contributed by atoms with Gasteiger partial charge >= 0.3 is 0 Å². The van der Waals surface area contributed by atoms with Crippen LogP contribution in [-0.4, -0.2) is 0 Å². The maximum Gasteiger partial charge on any atom is -0.00795 e. The maximum absolute atomic E-state index is 2.76. The van der Waals surface area contributed by atoms with Gasteiger partial charge in [-0.25, -0.2) is 0 Å². The molecule has 0 aromatic rings. The van der Waals surface area contributed by atoms with E-state index >= 15 is 0 Å². The van der Waals surface area contributed by atoms with Crippen molar-refractivity contribution in [2.45, 2.75) is 105 Å². The van der Waals surface area contributed by atoms with Crippen molar-refractivity contribution >= 4 is 0 Å². The Morgan fingerprint density at radius 3 is 2.30 bits per heavy atom.